The minimum atomic E-state index is 0.181. The molecule has 2 aliphatic rings. The van der Waals surface area contributed by atoms with Crippen LogP contribution in [0.5, 0.6) is 0 Å². The molecule has 136 valence electrons. The summed E-state index contributed by atoms with van der Waals surface area (Å²) in [7, 11) is 0. The summed E-state index contributed by atoms with van der Waals surface area (Å²) in [6.45, 7) is 9.22. The maximum absolute atomic E-state index is 12.8. The molecule has 1 aromatic heterocycles. The average molecular weight is 350 g/mol. The number of nitrogens with zero attached hydrogens (tertiary/aromatic N) is 4. The van der Waals surface area contributed by atoms with Gasteiger partial charge in [0.25, 0.3) is 0 Å². The second-order valence-electron chi connectivity index (χ2n) is 7.29. The van der Waals surface area contributed by atoms with Gasteiger partial charge in [0.1, 0.15) is 0 Å². The monoisotopic (exact) mass is 350 g/mol. The van der Waals surface area contributed by atoms with Crippen LogP contribution in [0.3, 0.4) is 0 Å². The molecule has 1 saturated heterocycles. The van der Waals surface area contributed by atoms with E-state index >= 15 is 0 Å². The Morgan fingerprint density at radius 3 is 2.46 bits per heavy atom. The molecule has 1 atom stereocenters. The topological polar surface area (TPSA) is 49.3 Å². The molecule has 0 spiro atoms. The van der Waals surface area contributed by atoms with Crippen LogP contribution >= 0.6 is 0 Å². The van der Waals surface area contributed by atoms with Crippen LogP contribution in [-0.4, -0.2) is 53.4 Å². The van der Waals surface area contributed by atoms with Crippen molar-refractivity contribution in [3.63, 3.8) is 0 Å². The van der Waals surface area contributed by atoms with E-state index in [1.807, 2.05) is 25.1 Å². The number of likely N-dealkylation sites (N-methyl/N-ethyl adjacent to an activating group) is 1. The third-order valence-electron chi connectivity index (χ3n) is 5.68. The molecule has 0 N–H and O–H groups in total. The molecule has 26 heavy (non-hydrogen) atoms. The normalized spacial score (nSPS) is 20.9. The number of hydrogen-bond donors (Lipinski definition) is 0. The van der Waals surface area contributed by atoms with E-state index in [0.717, 1.165) is 62.0 Å². The second-order valence-corrected chi connectivity index (χ2v) is 7.29. The fourth-order valence-corrected chi connectivity index (χ4v) is 4.12. The minimum Gasteiger partial charge on any atom is -0.338 e. The first kappa shape index (κ1) is 17.2. The molecule has 0 radical (unpaired) electrons. The zero-order valence-electron chi connectivity index (χ0n) is 15.6. The van der Waals surface area contributed by atoms with Crippen molar-refractivity contribution in [3.05, 3.63) is 52.8 Å². The maximum atomic E-state index is 12.8. The average Bonchev–Trinajstić information content (AvgIpc) is 2.68. The molecule has 0 bridgehead atoms. The van der Waals surface area contributed by atoms with Gasteiger partial charge in [0.05, 0.1) is 17.0 Å². The molecule has 0 saturated carbocycles. The van der Waals surface area contributed by atoms with E-state index in [9.17, 15) is 4.79 Å². The second kappa shape index (κ2) is 7.16. The number of ketones is 1. The smallest absolute Gasteiger partial charge is 0.225 e. The quantitative estimate of drug-likeness (QED) is 0.852. The molecule has 2 heterocycles. The number of piperazine rings is 1. The largest absolute Gasteiger partial charge is 0.338 e. The molecule has 2 aromatic rings. The van der Waals surface area contributed by atoms with Crippen molar-refractivity contribution in [2.24, 2.45) is 0 Å². The number of carbonyl (C=O) groups is 1. The van der Waals surface area contributed by atoms with Gasteiger partial charge in [-0.2, -0.15) is 0 Å². The van der Waals surface area contributed by atoms with Crippen LogP contribution < -0.4 is 4.90 Å². The van der Waals surface area contributed by atoms with Crippen LogP contribution in [0.25, 0.3) is 0 Å². The predicted molar refractivity (Wildman–Crippen MR) is 103 cm³/mol. The van der Waals surface area contributed by atoms with Crippen LogP contribution in [0.2, 0.25) is 0 Å². The van der Waals surface area contributed by atoms with Crippen molar-refractivity contribution < 1.29 is 4.79 Å². The summed E-state index contributed by atoms with van der Waals surface area (Å²) in [5.74, 6) is 1.19. The first-order valence-corrected chi connectivity index (χ1v) is 9.58. The Morgan fingerprint density at radius 1 is 1.04 bits per heavy atom. The van der Waals surface area contributed by atoms with Gasteiger partial charge in [-0.3, -0.25) is 4.79 Å². The van der Waals surface area contributed by atoms with E-state index in [-0.39, 0.29) is 11.7 Å². The number of hydrogen-bond acceptors (Lipinski definition) is 5. The van der Waals surface area contributed by atoms with Gasteiger partial charge in [0.15, 0.2) is 5.78 Å². The number of rotatable bonds is 3. The molecule has 5 heteroatoms. The lowest BCUT2D eigenvalue weighted by Crippen LogP contribution is -2.47. The van der Waals surface area contributed by atoms with Crippen molar-refractivity contribution in [2.45, 2.75) is 32.6 Å². The third-order valence-corrected chi connectivity index (χ3v) is 5.68. The van der Waals surface area contributed by atoms with Crippen molar-refractivity contribution in [1.29, 1.82) is 0 Å². The number of fused-ring (bicyclic) bond motifs is 1. The standard InChI is InChI=1S/C21H26N4O/c1-3-24-9-11-25(12-10-24)21-22-15(2)20-18(23-21)13-17(14-19(20)26)16-7-5-4-6-8-16/h4-8,17H,3,9-14H2,1-2H3/t17-/m1/s1. The first-order valence-electron chi connectivity index (χ1n) is 9.58. The highest BCUT2D eigenvalue weighted by molar-refractivity contribution is 5.99. The van der Waals surface area contributed by atoms with E-state index in [2.05, 4.69) is 33.8 Å². The molecule has 5 nitrogen and oxygen atoms in total. The number of aromatic nitrogens is 2. The first-order chi connectivity index (χ1) is 12.7. The molecular formula is C21H26N4O. The summed E-state index contributed by atoms with van der Waals surface area (Å²) in [5.41, 5.74) is 3.74. The molecule has 0 amide bonds. The molecule has 1 aliphatic carbocycles. The highest BCUT2D eigenvalue weighted by atomic mass is 16.1. The Bertz CT molecular complexity index is 797. The molecule has 1 aliphatic heterocycles. The van der Waals surface area contributed by atoms with Gasteiger partial charge in [-0.25, -0.2) is 9.97 Å². The van der Waals surface area contributed by atoms with Gasteiger partial charge in [-0.05, 0) is 31.4 Å². The van der Waals surface area contributed by atoms with E-state index < -0.39 is 0 Å². The van der Waals surface area contributed by atoms with E-state index in [1.54, 1.807) is 0 Å². The maximum Gasteiger partial charge on any atom is 0.225 e. The summed E-state index contributed by atoms with van der Waals surface area (Å²) >= 11 is 0. The van der Waals surface area contributed by atoms with Crippen LogP contribution in [0, 0.1) is 6.92 Å². The summed E-state index contributed by atoms with van der Waals surface area (Å²) in [4.78, 5) is 27.0. The molecule has 1 fully saturated rings. The highest BCUT2D eigenvalue weighted by Crippen LogP contribution is 2.33. The highest BCUT2D eigenvalue weighted by Gasteiger charge is 2.30. The van der Waals surface area contributed by atoms with Crippen LogP contribution in [-0.2, 0) is 6.42 Å². The Balaban J connectivity index is 1.62. The molecular weight excluding hydrogens is 324 g/mol. The van der Waals surface area contributed by atoms with Crippen LogP contribution in [0.4, 0.5) is 5.95 Å². The number of benzene rings is 1. The molecule has 1 aromatic carbocycles. The molecule has 4 rings (SSSR count). The number of carbonyl (C=O) groups excluding carboxylic acids is 1. The predicted octanol–water partition coefficient (Wildman–Crippen LogP) is 2.84. The van der Waals surface area contributed by atoms with Gasteiger partial charge in [-0.1, -0.05) is 37.3 Å². The lowest BCUT2D eigenvalue weighted by atomic mass is 9.81. The Labute approximate surface area is 155 Å². The Morgan fingerprint density at radius 2 is 1.77 bits per heavy atom. The number of Topliss-reactive ketones (excluding diaryl/α,β-unsaturated/α-hetero) is 1. The fourth-order valence-electron chi connectivity index (χ4n) is 4.12. The van der Waals surface area contributed by atoms with Crippen molar-refractivity contribution in [2.75, 3.05) is 37.6 Å². The van der Waals surface area contributed by atoms with E-state index in [0.29, 0.717) is 6.42 Å². The van der Waals surface area contributed by atoms with E-state index in [4.69, 9.17) is 4.98 Å². The van der Waals surface area contributed by atoms with Gasteiger partial charge >= 0.3 is 0 Å². The zero-order chi connectivity index (χ0) is 18.1. The minimum absolute atomic E-state index is 0.181. The summed E-state index contributed by atoms with van der Waals surface area (Å²) in [5, 5.41) is 0. The van der Waals surface area contributed by atoms with Crippen molar-refractivity contribution >= 4 is 11.7 Å². The van der Waals surface area contributed by atoms with Gasteiger partial charge in [0, 0.05) is 32.6 Å². The fraction of sp³-hybridized carbons (Fsp3) is 0.476. The van der Waals surface area contributed by atoms with Gasteiger partial charge in [0.2, 0.25) is 5.95 Å². The van der Waals surface area contributed by atoms with Crippen molar-refractivity contribution in [3.8, 4) is 0 Å². The van der Waals surface area contributed by atoms with Crippen LogP contribution in [0.15, 0.2) is 30.3 Å². The number of anilines is 1. The summed E-state index contributed by atoms with van der Waals surface area (Å²) in [6, 6.07) is 10.3. The number of aryl methyl sites for hydroxylation is 1. The SMILES string of the molecule is CCN1CCN(c2nc(C)c3c(n2)C[C@@H](c2ccccc2)CC3=O)CC1. The Hall–Kier alpha value is -2.27. The Kier molecular flexibility index (Phi) is 4.72. The summed E-state index contributed by atoms with van der Waals surface area (Å²) < 4.78 is 0. The van der Waals surface area contributed by atoms with Crippen LogP contribution in [0.1, 0.15) is 46.6 Å². The lowest BCUT2D eigenvalue weighted by Gasteiger charge is -2.35. The van der Waals surface area contributed by atoms with E-state index in [1.165, 1.54) is 5.56 Å². The zero-order valence-corrected chi connectivity index (χ0v) is 15.6. The van der Waals surface area contributed by atoms with Gasteiger partial charge < -0.3 is 9.80 Å². The van der Waals surface area contributed by atoms with Gasteiger partial charge in [-0.15, -0.1) is 0 Å². The third kappa shape index (κ3) is 3.23. The lowest BCUT2D eigenvalue weighted by molar-refractivity contribution is 0.0962. The molecule has 0 unspecified atom stereocenters. The summed E-state index contributed by atoms with van der Waals surface area (Å²) in [6.07, 6.45) is 1.37. The van der Waals surface area contributed by atoms with Crippen molar-refractivity contribution in [1.82, 2.24) is 14.9 Å².